The van der Waals surface area contributed by atoms with E-state index in [1.165, 1.54) is 30.3 Å². The summed E-state index contributed by atoms with van der Waals surface area (Å²) in [5.74, 6) is -0.334. The van der Waals surface area contributed by atoms with Crippen LogP contribution >= 0.6 is 23.2 Å². The van der Waals surface area contributed by atoms with Crippen molar-refractivity contribution in [2.24, 2.45) is 0 Å². The molecule has 0 saturated carbocycles. The largest absolute Gasteiger partial charge is 0.486 e. The zero-order valence-electron chi connectivity index (χ0n) is 18.3. The molecule has 3 rings (SSSR count). The van der Waals surface area contributed by atoms with Gasteiger partial charge >= 0.3 is 0 Å². The molecule has 3 aromatic rings. The second-order valence-corrected chi connectivity index (χ2v) is 8.28. The predicted molar refractivity (Wildman–Crippen MR) is 132 cm³/mol. The Labute approximate surface area is 206 Å². The molecule has 1 N–H and O–H groups in total. The van der Waals surface area contributed by atoms with Gasteiger partial charge in [0.25, 0.3) is 11.6 Å². The molecule has 34 heavy (non-hydrogen) atoms. The van der Waals surface area contributed by atoms with Gasteiger partial charge in [-0.25, -0.2) is 0 Å². The molecule has 3 aromatic carbocycles. The number of hydrogen-bond acceptors (Lipinski definition) is 5. The molecule has 0 bridgehead atoms. The van der Waals surface area contributed by atoms with E-state index < -0.39 is 10.8 Å². The number of nitro benzene ring substituents is 1. The van der Waals surface area contributed by atoms with E-state index in [9.17, 15) is 20.2 Å². The average molecular weight is 496 g/mol. The summed E-state index contributed by atoms with van der Waals surface area (Å²) >= 11 is 12.7. The molecule has 1 amide bonds. The van der Waals surface area contributed by atoms with Crippen LogP contribution in [0.25, 0.3) is 6.08 Å². The number of non-ortho nitro benzene ring substituents is 1. The first-order valence-corrected chi connectivity index (χ1v) is 10.8. The fourth-order valence-electron chi connectivity index (χ4n) is 3.05. The van der Waals surface area contributed by atoms with Crippen molar-refractivity contribution >= 4 is 46.6 Å². The van der Waals surface area contributed by atoms with Crippen LogP contribution in [0.15, 0.2) is 60.2 Å². The summed E-state index contributed by atoms with van der Waals surface area (Å²) in [5, 5.41) is 23.4. The zero-order chi connectivity index (χ0) is 24.8. The highest BCUT2D eigenvalue weighted by Crippen LogP contribution is 2.35. The maximum atomic E-state index is 12.6. The van der Waals surface area contributed by atoms with Crippen LogP contribution < -0.4 is 10.1 Å². The molecule has 0 unspecified atom stereocenters. The van der Waals surface area contributed by atoms with Gasteiger partial charge in [0.1, 0.15) is 18.2 Å². The maximum absolute atomic E-state index is 12.6. The Kier molecular flexibility index (Phi) is 7.90. The predicted octanol–water partition coefficient (Wildman–Crippen LogP) is 6.64. The van der Waals surface area contributed by atoms with Crippen LogP contribution in [0.4, 0.5) is 11.4 Å². The number of benzene rings is 3. The Morgan fingerprint density at radius 1 is 1.12 bits per heavy atom. The van der Waals surface area contributed by atoms with E-state index in [1.54, 1.807) is 12.1 Å². The summed E-state index contributed by atoms with van der Waals surface area (Å²) in [6, 6.07) is 16.5. The van der Waals surface area contributed by atoms with E-state index in [-0.39, 0.29) is 33.7 Å². The normalized spacial score (nSPS) is 11.0. The molecule has 0 saturated heterocycles. The number of hydrogen-bond donors (Lipinski definition) is 1. The minimum absolute atomic E-state index is 0.0224. The number of nitrogens with one attached hydrogen (secondary N) is 1. The summed E-state index contributed by atoms with van der Waals surface area (Å²) in [6.07, 6.45) is 1.39. The number of nitriles is 1. The quantitative estimate of drug-likeness (QED) is 0.171. The molecule has 0 fully saturated rings. The Morgan fingerprint density at radius 2 is 1.76 bits per heavy atom. The van der Waals surface area contributed by atoms with Crippen molar-refractivity contribution in [3.8, 4) is 11.8 Å². The van der Waals surface area contributed by atoms with Gasteiger partial charge in [-0.1, -0.05) is 35.3 Å². The molecule has 0 aliphatic rings. The summed E-state index contributed by atoms with van der Waals surface area (Å²) in [6.45, 7) is 3.86. The number of nitro groups is 1. The average Bonchev–Trinajstić information content (AvgIpc) is 2.79. The second kappa shape index (κ2) is 10.8. The Hall–Kier alpha value is -3.86. The van der Waals surface area contributed by atoms with E-state index >= 15 is 0 Å². The van der Waals surface area contributed by atoms with Gasteiger partial charge in [0.05, 0.1) is 15.0 Å². The van der Waals surface area contributed by atoms with E-state index in [0.29, 0.717) is 16.8 Å². The van der Waals surface area contributed by atoms with Crippen LogP contribution in [0.2, 0.25) is 10.0 Å². The molecule has 0 aliphatic heterocycles. The molecule has 0 radical (unpaired) electrons. The number of ether oxygens (including phenoxy) is 1. The van der Waals surface area contributed by atoms with Gasteiger partial charge < -0.3 is 10.1 Å². The SMILES string of the molecule is Cc1ccc(C)c(NC(=O)/C(C#N)=C/c2cc(Cl)c(OCc3ccc([N+](=O)[O-])cc3)c(Cl)c2)c1. The van der Waals surface area contributed by atoms with Crippen LogP contribution in [0, 0.1) is 35.3 Å². The van der Waals surface area contributed by atoms with Crippen molar-refractivity contribution in [1.29, 1.82) is 5.26 Å². The number of aryl methyl sites for hydroxylation is 2. The van der Waals surface area contributed by atoms with Crippen molar-refractivity contribution in [3.63, 3.8) is 0 Å². The van der Waals surface area contributed by atoms with Gasteiger partial charge in [-0.15, -0.1) is 0 Å². The third-order valence-corrected chi connectivity index (χ3v) is 5.43. The fourth-order valence-corrected chi connectivity index (χ4v) is 3.66. The standard InChI is InChI=1S/C25H19Cl2N3O4/c1-15-3-4-16(2)23(9-15)29-25(31)19(13-28)10-18-11-21(26)24(22(27)12-18)34-14-17-5-7-20(8-6-17)30(32)33/h3-12H,14H2,1-2H3,(H,29,31)/b19-10+. The van der Waals surface area contributed by atoms with Crippen molar-refractivity contribution < 1.29 is 14.5 Å². The summed E-state index contributed by atoms with van der Waals surface area (Å²) in [4.78, 5) is 22.9. The van der Waals surface area contributed by atoms with Gasteiger partial charge in [-0.3, -0.25) is 14.9 Å². The van der Waals surface area contributed by atoms with Crippen LogP contribution in [0.1, 0.15) is 22.3 Å². The Bertz CT molecular complexity index is 1310. The fraction of sp³-hybridized carbons (Fsp3) is 0.120. The Morgan fingerprint density at radius 3 is 2.35 bits per heavy atom. The third kappa shape index (κ3) is 6.13. The summed E-state index contributed by atoms with van der Waals surface area (Å²) < 4.78 is 5.69. The number of nitrogens with zero attached hydrogens (tertiary/aromatic N) is 2. The smallest absolute Gasteiger partial charge is 0.269 e. The van der Waals surface area contributed by atoms with Gasteiger partial charge in [-0.05, 0) is 72.5 Å². The first-order valence-electron chi connectivity index (χ1n) is 10.0. The van der Waals surface area contributed by atoms with E-state index in [2.05, 4.69) is 5.32 Å². The highest BCUT2D eigenvalue weighted by Gasteiger charge is 2.14. The van der Waals surface area contributed by atoms with Crippen molar-refractivity contribution in [1.82, 2.24) is 0 Å². The molecular weight excluding hydrogens is 477 g/mol. The molecule has 0 aliphatic carbocycles. The number of anilines is 1. The highest BCUT2D eigenvalue weighted by molar-refractivity contribution is 6.37. The topological polar surface area (TPSA) is 105 Å². The van der Waals surface area contributed by atoms with Gasteiger partial charge in [-0.2, -0.15) is 5.26 Å². The monoisotopic (exact) mass is 495 g/mol. The van der Waals surface area contributed by atoms with Gasteiger partial charge in [0, 0.05) is 17.8 Å². The molecule has 9 heteroatoms. The minimum Gasteiger partial charge on any atom is -0.486 e. The molecular formula is C25H19Cl2N3O4. The van der Waals surface area contributed by atoms with Crippen LogP contribution in [0.5, 0.6) is 5.75 Å². The lowest BCUT2D eigenvalue weighted by atomic mass is 10.1. The molecule has 0 spiro atoms. The third-order valence-electron chi connectivity index (χ3n) is 4.87. The zero-order valence-corrected chi connectivity index (χ0v) is 19.8. The number of carbonyl (C=O) groups excluding carboxylic acids is 1. The van der Waals surface area contributed by atoms with Crippen LogP contribution in [-0.2, 0) is 11.4 Å². The lowest BCUT2D eigenvalue weighted by Crippen LogP contribution is -2.14. The molecule has 0 atom stereocenters. The minimum atomic E-state index is -0.554. The molecule has 0 aromatic heterocycles. The number of halogens is 2. The first kappa shape index (κ1) is 24.8. The lowest BCUT2D eigenvalue weighted by Gasteiger charge is -2.11. The first-order chi connectivity index (χ1) is 16.2. The van der Waals surface area contributed by atoms with Gasteiger partial charge in [0.2, 0.25) is 0 Å². The van der Waals surface area contributed by atoms with Crippen molar-refractivity contribution in [2.45, 2.75) is 20.5 Å². The summed E-state index contributed by atoms with van der Waals surface area (Å²) in [7, 11) is 0. The van der Waals surface area contributed by atoms with Crippen LogP contribution in [-0.4, -0.2) is 10.8 Å². The molecule has 0 heterocycles. The number of amides is 1. The van der Waals surface area contributed by atoms with Crippen molar-refractivity contribution in [2.75, 3.05) is 5.32 Å². The molecule has 7 nitrogen and oxygen atoms in total. The van der Waals surface area contributed by atoms with Crippen molar-refractivity contribution in [3.05, 3.63) is 103 Å². The second-order valence-electron chi connectivity index (χ2n) is 7.47. The number of carbonyl (C=O) groups is 1. The summed E-state index contributed by atoms with van der Waals surface area (Å²) in [5.41, 5.74) is 3.47. The number of rotatable bonds is 7. The van der Waals surface area contributed by atoms with E-state index in [1.807, 2.05) is 38.1 Å². The maximum Gasteiger partial charge on any atom is 0.269 e. The highest BCUT2D eigenvalue weighted by atomic mass is 35.5. The van der Waals surface area contributed by atoms with Crippen LogP contribution in [0.3, 0.4) is 0 Å². The lowest BCUT2D eigenvalue weighted by molar-refractivity contribution is -0.384. The van der Waals surface area contributed by atoms with E-state index in [4.69, 9.17) is 27.9 Å². The molecule has 172 valence electrons. The van der Waals surface area contributed by atoms with E-state index in [0.717, 1.165) is 11.1 Å². The Balaban J connectivity index is 1.76. The van der Waals surface area contributed by atoms with Gasteiger partial charge in [0.15, 0.2) is 5.75 Å².